The van der Waals surface area contributed by atoms with Gasteiger partial charge in [0.1, 0.15) is 11.9 Å². The first-order valence-electron chi connectivity index (χ1n) is 8.48. The maximum Gasteiger partial charge on any atom is 0.163 e. The standard InChI is InChI=1S/C19H16ClFN6S/c1-27-8-5-15(26-27)16-14(4-6-22)24-18(19-23-7-9-28-19)25-17(16)12-3-2-11(21)10-13(12)20/h2-3,5-10,17,22H,4H2,1H3,(H,24,25). The van der Waals surface area contributed by atoms with E-state index in [1.165, 1.54) is 29.7 Å². The molecule has 0 bridgehead atoms. The molecule has 0 radical (unpaired) electrons. The monoisotopic (exact) mass is 414 g/mol. The van der Waals surface area contributed by atoms with E-state index in [2.05, 4.69) is 15.4 Å². The predicted molar refractivity (Wildman–Crippen MR) is 109 cm³/mol. The van der Waals surface area contributed by atoms with Crippen LogP contribution in [0.3, 0.4) is 0 Å². The summed E-state index contributed by atoms with van der Waals surface area (Å²) in [5.74, 6) is 0.187. The minimum absolute atomic E-state index is 0.289. The molecule has 2 N–H and O–H groups in total. The maximum atomic E-state index is 13.6. The van der Waals surface area contributed by atoms with E-state index in [1.54, 1.807) is 16.9 Å². The molecule has 1 atom stereocenters. The van der Waals surface area contributed by atoms with Crippen LogP contribution in [0.1, 0.15) is 28.7 Å². The molecule has 0 saturated heterocycles. The van der Waals surface area contributed by atoms with E-state index in [1.807, 2.05) is 24.7 Å². The number of amidine groups is 1. The van der Waals surface area contributed by atoms with Gasteiger partial charge in [-0.1, -0.05) is 17.7 Å². The van der Waals surface area contributed by atoms with Crippen molar-refractivity contribution >= 4 is 40.6 Å². The lowest BCUT2D eigenvalue weighted by atomic mass is 9.92. The first-order chi connectivity index (χ1) is 13.6. The highest BCUT2D eigenvalue weighted by atomic mass is 35.5. The average molecular weight is 415 g/mol. The third-order valence-corrected chi connectivity index (χ3v) is 5.42. The fraction of sp³-hybridized carbons (Fsp3) is 0.158. The van der Waals surface area contributed by atoms with Crippen LogP contribution in [0, 0.1) is 11.2 Å². The summed E-state index contributed by atoms with van der Waals surface area (Å²) in [5.41, 5.74) is 2.98. The molecule has 1 aliphatic rings. The van der Waals surface area contributed by atoms with Crippen molar-refractivity contribution in [1.29, 1.82) is 5.41 Å². The van der Waals surface area contributed by atoms with Crippen molar-refractivity contribution in [3.05, 3.63) is 74.8 Å². The number of allylic oxidation sites excluding steroid dienone is 1. The molecule has 4 rings (SSSR count). The number of hydrogen-bond donors (Lipinski definition) is 2. The van der Waals surface area contributed by atoms with Crippen molar-refractivity contribution in [1.82, 2.24) is 20.1 Å². The largest absolute Gasteiger partial charge is 0.341 e. The van der Waals surface area contributed by atoms with Crippen molar-refractivity contribution in [2.45, 2.75) is 12.5 Å². The summed E-state index contributed by atoms with van der Waals surface area (Å²) in [6, 6.07) is 5.67. The Morgan fingerprint density at radius 2 is 2.25 bits per heavy atom. The molecule has 0 aliphatic carbocycles. The van der Waals surface area contributed by atoms with Gasteiger partial charge in [-0.05, 0) is 18.2 Å². The van der Waals surface area contributed by atoms with Crippen LogP contribution in [0.25, 0.3) is 5.57 Å². The van der Waals surface area contributed by atoms with Gasteiger partial charge in [-0.2, -0.15) is 5.10 Å². The summed E-state index contributed by atoms with van der Waals surface area (Å²) < 4.78 is 15.3. The Balaban J connectivity index is 1.92. The molecular weight excluding hydrogens is 399 g/mol. The molecule has 1 aromatic carbocycles. The summed E-state index contributed by atoms with van der Waals surface area (Å²) in [7, 11) is 1.83. The van der Waals surface area contributed by atoms with Crippen molar-refractivity contribution in [3.63, 3.8) is 0 Å². The molecule has 9 heteroatoms. The second kappa shape index (κ2) is 7.65. The third kappa shape index (κ3) is 3.48. The molecule has 3 aromatic rings. The number of aryl methyl sites for hydroxylation is 1. The number of hydrogen-bond acceptors (Lipinski definition) is 6. The lowest BCUT2D eigenvalue weighted by molar-refractivity contribution is 0.626. The maximum absolute atomic E-state index is 13.6. The zero-order chi connectivity index (χ0) is 19.7. The number of nitrogens with one attached hydrogen (secondary N) is 2. The third-order valence-electron chi connectivity index (χ3n) is 4.31. The first-order valence-corrected chi connectivity index (χ1v) is 9.74. The fourth-order valence-electron chi connectivity index (χ4n) is 3.12. The minimum atomic E-state index is -0.502. The Labute approximate surface area is 169 Å². The SMILES string of the molecule is Cn1ccc(C2=C(CC=N)NC(c3nccs3)=NC2c2ccc(F)cc2Cl)n1. The van der Waals surface area contributed by atoms with Gasteiger partial charge in [0, 0.05) is 59.3 Å². The van der Waals surface area contributed by atoms with E-state index in [9.17, 15) is 4.39 Å². The fourth-order valence-corrected chi connectivity index (χ4v) is 3.97. The van der Waals surface area contributed by atoms with E-state index in [0.29, 0.717) is 17.8 Å². The smallest absolute Gasteiger partial charge is 0.163 e. The van der Waals surface area contributed by atoms with Crippen LogP contribution in [0.5, 0.6) is 0 Å². The Morgan fingerprint density at radius 1 is 1.39 bits per heavy atom. The van der Waals surface area contributed by atoms with Crippen LogP contribution >= 0.6 is 22.9 Å². The van der Waals surface area contributed by atoms with Crippen LogP contribution in [0.4, 0.5) is 4.39 Å². The lowest BCUT2D eigenvalue weighted by Gasteiger charge is -2.27. The topological polar surface area (TPSA) is 79.0 Å². The summed E-state index contributed by atoms with van der Waals surface area (Å²) >= 11 is 7.84. The van der Waals surface area contributed by atoms with Gasteiger partial charge in [0.2, 0.25) is 0 Å². The van der Waals surface area contributed by atoms with E-state index < -0.39 is 11.9 Å². The molecule has 1 unspecified atom stereocenters. The van der Waals surface area contributed by atoms with Crippen molar-refractivity contribution in [3.8, 4) is 0 Å². The average Bonchev–Trinajstić information content (AvgIpc) is 3.33. The van der Waals surface area contributed by atoms with Gasteiger partial charge in [0.15, 0.2) is 10.8 Å². The van der Waals surface area contributed by atoms with Gasteiger partial charge in [0.25, 0.3) is 0 Å². The highest BCUT2D eigenvalue weighted by Gasteiger charge is 2.30. The van der Waals surface area contributed by atoms with Crippen LogP contribution in [0.2, 0.25) is 5.02 Å². The normalized spacial score (nSPS) is 16.7. The quantitative estimate of drug-likeness (QED) is 0.614. The van der Waals surface area contributed by atoms with Crippen LogP contribution in [-0.2, 0) is 7.05 Å². The molecule has 0 spiro atoms. The Hall–Kier alpha value is -2.84. The second-order valence-corrected chi connectivity index (χ2v) is 7.49. The number of thiazole rings is 1. The number of nitrogens with zero attached hydrogens (tertiary/aromatic N) is 4. The number of aromatic nitrogens is 3. The molecule has 2 aromatic heterocycles. The summed E-state index contributed by atoms with van der Waals surface area (Å²) in [6.45, 7) is 0. The van der Waals surface area contributed by atoms with Gasteiger partial charge in [-0.3, -0.25) is 9.67 Å². The lowest BCUT2D eigenvalue weighted by Crippen LogP contribution is -2.31. The minimum Gasteiger partial charge on any atom is -0.341 e. The highest BCUT2D eigenvalue weighted by molar-refractivity contribution is 7.11. The van der Waals surface area contributed by atoms with Crippen LogP contribution in [-0.4, -0.2) is 26.8 Å². The van der Waals surface area contributed by atoms with E-state index in [0.717, 1.165) is 22.0 Å². The van der Waals surface area contributed by atoms with E-state index in [-0.39, 0.29) is 5.02 Å². The Morgan fingerprint density at radius 3 is 2.89 bits per heavy atom. The molecule has 3 heterocycles. The number of rotatable bonds is 5. The van der Waals surface area contributed by atoms with Crippen molar-refractivity contribution < 1.29 is 4.39 Å². The predicted octanol–water partition coefficient (Wildman–Crippen LogP) is 4.21. The summed E-state index contributed by atoms with van der Waals surface area (Å²) in [4.78, 5) is 9.18. The van der Waals surface area contributed by atoms with Crippen molar-refractivity contribution in [2.24, 2.45) is 12.0 Å². The molecule has 6 nitrogen and oxygen atoms in total. The van der Waals surface area contributed by atoms with Crippen LogP contribution < -0.4 is 5.32 Å². The van der Waals surface area contributed by atoms with Gasteiger partial charge < -0.3 is 10.7 Å². The first kappa shape index (κ1) is 18.5. The van der Waals surface area contributed by atoms with Crippen LogP contribution in [0.15, 0.2) is 52.7 Å². The van der Waals surface area contributed by atoms with Gasteiger partial charge in [0.05, 0.1) is 5.69 Å². The zero-order valence-electron chi connectivity index (χ0n) is 14.9. The number of aliphatic imine (C=N–C) groups is 1. The van der Waals surface area contributed by atoms with E-state index >= 15 is 0 Å². The molecule has 0 fully saturated rings. The Bertz CT molecular complexity index is 1090. The van der Waals surface area contributed by atoms with Gasteiger partial charge in [-0.25, -0.2) is 9.37 Å². The number of benzene rings is 1. The van der Waals surface area contributed by atoms with E-state index in [4.69, 9.17) is 22.0 Å². The summed E-state index contributed by atoms with van der Waals surface area (Å²) in [6.07, 6.45) is 5.23. The molecule has 1 aliphatic heterocycles. The summed E-state index contributed by atoms with van der Waals surface area (Å²) in [5, 5.41) is 18.3. The molecule has 0 saturated carbocycles. The van der Waals surface area contributed by atoms with Gasteiger partial charge >= 0.3 is 0 Å². The number of halogens is 2. The van der Waals surface area contributed by atoms with Crippen molar-refractivity contribution in [2.75, 3.05) is 0 Å². The second-order valence-electron chi connectivity index (χ2n) is 6.18. The highest BCUT2D eigenvalue weighted by Crippen LogP contribution is 2.41. The zero-order valence-corrected chi connectivity index (χ0v) is 16.4. The molecule has 28 heavy (non-hydrogen) atoms. The molecular formula is C19H16ClFN6S. The molecule has 0 amide bonds. The van der Waals surface area contributed by atoms with Gasteiger partial charge in [-0.15, -0.1) is 11.3 Å². The Kier molecular flexibility index (Phi) is 5.06. The molecule has 142 valence electrons.